The third kappa shape index (κ3) is 4.75. The summed E-state index contributed by atoms with van der Waals surface area (Å²) in [6.07, 6.45) is 3.77. The molecule has 0 amide bonds. The smallest absolute Gasteiger partial charge is 0.258 e. The van der Waals surface area contributed by atoms with Crippen LogP contribution in [0.15, 0.2) is 30.6 Å². The average Bonchev–Trinajstić information content (AvgIpc) is 3.67. The van der Waals surface area contributed by atoms with E-state index in [4.69, 9.17) is 26.3 Å². The Labute approximate surface area is 242 Å². The van der Waals surface area contributed by atoms with Gasteiger partial charge in [0.15, 0.2) is 11.5 Å². The summed E-state index contributed by atoms with van der Waals surface area (Å²) in [4.78, 5) is 14.7. The van der Waals surface area contributed by atoms with E-state index in [1.807, 2.05) is 35.6 Å². The Bertz CT molecular complexity index is 1560. The minimum Gasteiger partial charge on any atom is -0.376 e. The normalized spacial score (nSPS) is 26.2. The maximum absolute atomic E-state index is 14.1. The number of aryl methyl sites for hydroxylation is 1. The Morgan fingerprint density at radius 3 is 2.59 bits per heavy atom. The highest BCUT2D eigenvalue weighted by Crippen LogP contribution is 2.51. The van der Waals surface area contributed by atoms with Gasteiger partial charge >= 0.3 is 0 Å². The largest absolute Gasteiger partial charge is 0.376 e. The number of hydrogen-bond donors (Lipinski definition) is 0. The van der Waals surface area contributed by atoms with Gasteiger partial charge in [-0.3, -0.25) is 4.90 Å². The van der Waals surface area contributed by atoms with Crippen LogP contribution in [0.25, 0.3) is 16.9 Å². The minimum atomic E-state index is -2.59. The van der Waals surface area contributed by atoms with E-state index in [2.05, 4.69) is 38.4 Å². The van der Waals surface area contributed by atoms with Crippen LogP contribution in [-0.4, -0.2) is 77.8 Å². The van der Waals surface area contributed by atoms with E-state index in [0.29, 0.717) is 30.4 Å². The number of nitrogens with zero attached hydrogens (tertiary/aromatic N) is 8. The van der Waals surface area contributed by atoms with E-state index < -0.39 is 5.92 Å². The fraction of sp³-hybridized carbons (Fsp3) is 0.586. The molecule has 1 aromatic carbocycles. The van der Waals surface area contributed by atoms with Gasteiger partial charge in [0.25, 0.3) is 5.78 Å². The van der Waals surface area contributed by atoms with Gasteiger partial charge in [-0.25, -0.2) is 18.2 Å². The summed E-state index contributed by atoms with van der Waals surface area (Å²) in [5.74, 6) is -0.491. The summed E-state index contributed by atoms with van der Waals surface area (Å²) in [5.41, 5.74) is 2.77. The molecule has 0 radical (unpaired) electrons. The number of fused-ring (bicyclic) bond motifs is 3. The van der Waals surface area contributed by atoms with Gasteiger partial charge in [0.1, 0.15) is 17.7 Å². The van der Waals surface area contributed by atoms with E-state index in [1.165, 1.54) is 0 Å². The van der Waals surface area contributed by atoms with Crippen molar-refractivity contribution in [1.29, 1.82) is 0 Å². The Balaban J connectivity index is 1.23. The number of aromatic nitrogens is 6. The molecule has 9 nitrogen and oxygen atoms in total. The van der Waals surface area contributed by atoms with Crippen LogP contribution < -0.4 is 4.90 Å². The monoisotopic (exact) mass is 584 g/mol. The maximum Gasteiger partial charge on any atom is 0.258 e. The third-order valence-electron chi connectivity index (χ3n) is 9.16. The molecule has 4 aromatic rings. The molecule has 218 valence electrons. The molecule has 2 saturated heterocycles. The molecule has 41 heavy (non-hydrogen) atoms. The van der Waals surface area contributed by atoms with Gasteiger partial charge in [-0.2, -0.15) is 4.98 Å². The van der Waals surface area contributed by atoms with Gasteiger partial charge < -0.3 is 14.2 Å². The van der Waals surface area contributed by atoms with Crippen LogP contribution in [0.2, 0.25) is 5.02 Å². The summed E-state index contributed by atoms with van der Waals surface area (Å²) < 4.78 is 38.2. The number of alkyl halides is 2. The second-order valence-corrected chi connectivity index (χ2v) is 12.5. The molecule has 1 aliphatic carbocycles. The highest BCUT2D eigenvalue weighted by Gasteiger charge is 2.51. The zero-order chi connectivity index (χ0) is 28.5. The van der Waals surface area contributed by atoms with Gasteiger partial charge in [0, 0.05) is 55.7 Å². The molecule has 4 atom stereocenters. The van der Waals surface area contributed by atoms with Crippen molar-refractivity contribution in [3.05, 3.63) is 47.0 Å². The lowest BCUT2D eigenvalue weighted by atomic mass is 9.73. The summed E-state index contributed by atoms with van der Waals surface area (Å²) in [5, 5.41) is 9.11. The van der Waals surface area contributed by atoms with Gasteiger partial charge in [0.05, 0.1) is 12.6 Å². The van der Waals surface area contributed by atoms with E-state index >= 15 is 0 Å². The van der Waals surface area contributed by atoms with Gasteiger partial charge in [0.2, 0.25) is 5.92 Å². The van der Waals surface area contributed by atoms with Crippen molar-refractivity contribution in [2.24, 2.45) is 5.92 Å². The Morgan fingerprint density at radius 2 is 1.88 bits per heavy atom. The number of piperazine rings is 1. The van der Waals surface area contributed by atoms with Crippen molar-refractivity contribution in [2.75, 3.05) is 24.6 Å². The van der Waals surface area contributed by atoms with Gasteiger partial charge in [-0.1, -0.05) is 23.7 Å². The molecule has 1 unspecified atom stereocenters. The minimum absolute atomic E-state index is 0.0614. The lowest BCUT2D eigenvalue weighted by Crippen LogP contribution is -2.59. The fourth-order valence-electron chi connectivity index (χ4n) is 7.12. The van der Waals surface area contributed by atoms with Crippen molar-refractivity contribution in [2.45, 2.75) is 83.2 Å². The number of anilines is 1. The Morgan fingerprint density at radius 1 is 1.10 bits per heavy atom. The first-order valence-electron chi connectivity index (χ1n) is 14.5. The lowest BCUT2D eigenvalue weighted by molar-refractivity contribution is -0.137. The van der Waals surface area contributed by atoms with Crippen molar-refractivity contribution < 1.29 is 13.5 Å². The molecule has 2 aliphatic heterocycles. The van der Waals surface area contributed by atoms with Crippen LogP contribution in [0, 0.1) is 12.8 Å². The second-order valence-electron chi connectivity index (χ2n) is 12.1. The SMILES string of the molecule is Cc1nc2c(N3C[C@@H](C)N(C(c4ccc(Cl)cc4)C4CC(F)(F)C4)C[C@@H]3C)nc3nncn3c2n1C[C@@H]1CCCO1. The van der Waals surface area contributed by atoms with Crippen LogP contribution in [0.5, 0.6) is 0 Å². The van der Waals surface area contributed by atoms with Crippen LogP contribution in [-0.2, 0) is 11.3 Å². The molecule has 3 fully saturated rings. The van der Waals surface area contributed by atoms with Crippen molar-refractivity contribution in [3.63, 3.8) is 0 Å². The highest BCUT2D eigenvalue weighted by molar-refractivity contribution is 6.30. The Hall–Kier alpha value is -2.89. The second kappa shape index (κ2) is 10.1. The lowest BCUT2D eigenvalue weighted by Gasteiger charge is -2.52. The fourth-order valence-corrected chi connectivity index (χ4v) is 7.25. The number of hydrogen-bond acceptors (Lipinski definition) is 7. The van der Waals surface area contributed by atoms with Crippen molar-refractivity contribution in [3.8, 4) is 0 Å². The molecule has 0 bridgehead atoms. The maximum atomic E-state index is 14.1. The Kier molecular flexibility index (Phi) is 6.67. The van der Waals surface area contributed by atoms with Crippen LogP contribution in [0.4, 0.5) is 14.6 Å². The van der Waals surface area contributed by atoms with Crippen LogP contribution >= 0.6 is 11.6 Å². The molecule has 3 aromatic heterocycles. The summed E-state index contributed by atoms with van der Waals surface area (Å²) in [6, 6.07) is 7.73. The molecule has 5 heterocycles. The third-order valence-corrected chi connectivity index (χ3v) is 9.41. The standard InChI is InChI=1S/C29H35ClF2N8O/c1-17-14-38(18(2)13-37(17)25(21-11-29(31,32)12-21)20-6-8-22(30)9-7-20)26-24-27(40-16-33-36-28(40)35-26)39(19(3)34-24)15-23-5-4-10-41-23/h6-9,16-18,21,23,25H,4-5,10-15H2,1-3H3/t17-,18+,23+,25?/m1/s1. The van der Waals surface area contributed by atoms with E-state index in [9.17, 15) is 8.78 Å². The van der Waals surface area contributed by atoms with Crippen LogP contribution in [0.1, 0.15) is 57.0 Å². The topological polar surface area (TPSA) is 76.6 Å². The first-order chi connectivity index (χ1) is 19.7. The summed E-state index contributed by atoms with van der Waals surface area (Å²) in [7, 11) is 0. The first-order valence-corrected chi connectivity index (χ1v) is 14.9. The predicted molar refractivity (Wildman–Crippen MR) is 153 cm³/mol. The molecule has 0 N–H and O–H groups in total. The number of halogens is 3. The average molecular weight is 585 g/mol. The number of rotatable bonds is 6. The molecule has 0 spiro atoms. The number of imidazole rings is 1. The van der Waals surface area contributed by atoms with E-state index in [-0.39, 0.29) is 43.0 Å². The molecule has 1 saturated carbocycles. The molecule has 3 aliphatic rings. The van der Waals surface area contributed by atoms with Crippen molar-refractivity contribution >= 4 is 34.4 Å². The van der Waals surface area contributed by atoms with Gasteiger partial charge in [-0.15, -0.1) is 10.2 Å². The van der Waals surface area contributed by atoms with Crippen LogP contribution in [0.3, 0.4) is 0 Å². The number of benzene rings is 1. The van der Waals surface area contributed by atoms with Gasteiger partial charge in [-0.05, 0) is 57.2 Å². The van der Waals surface area contributed by atoms with E-state index in [1.54, 1.807) is 6.33 Å². The molecular weight excluding hydrogens is 550 g/mol. The van der Waals surface area contributed by atoms with E-state index in [0.717, 1.165) is 47.8 Å². The quantitative estimate of drug-likeness (QED) is 0.304. The zero-order valence-electron chi connectivity index (χ0n) is 23.6. The predicted octanol–water partition coefficient (Wildman–Crippen LogP) is 5.30. The summed E-state index contributed by atoms with van der Waals surface area (Å²) >= 11 is 6.18. The first kappa shape index (κ1) is 27.0. The zero-order valence-corrected chi connectivity index (χ0v) is 24.3. The molecule has 12 heteroatoms. The highest BCUT2D eigenvalue weighted by atomic mass is 35.5. The molecular formula is C29H35ClF2N8O. The summed E-state index contributed by atoms with van der Waals surface area (Å²) in [6.45, 7) is 9.25. The van der Waals surface area contributed by atoms with Crippen molar-refractivity contribution in [1.82, 2.24) is 34.0 Å². The number of ether oxygens (including phenoxy) is 1. The molecule has 7 rings (SSSR count).